The van der Waals surface area contributed by atoms with Crippen molar-refractivity contribution in [2.45, 2.75) is 0 Å². The zero-order chi connectivity index (χ0) is 15.4. The lowest BCUT2D eigenvalue weighted by atomic mass is 10.3. The first-order valence-electron chi connectivity index (χ1n) is 6.83. The molecule has 6 heteroatoms. The van der Waals surface area contributed by atoms with Crippen molar-refractivity contribution in [2.75, 3.05) is 13.2 Å². The van der Waals surface area contributed by atoms with Crippen molar-refractivity contribution in [1.29, 1.82) is 0 Å². The number of aromatic nitrogens is 2. The van der Waals surface area contributed by atoms with E-state index in [0.29, 0.717) is 24.6 Å². The molecular weight excluding hydrogens is 285 g/mol. The fourth-order valence-corrected chi connectivity index (χ4v) is 2.06. The minimum atomic E-state index is -0.312. The number of carbonyl (C=O) groups excluding carboxylic acids is 1. The lowest BCUT2D eigenvalue weighted by Gasteiger charge is -2.07. The molecule has 1 aromatic carbocycles. The highest BCUT2D eigenvalue weighted by Crippen LogP contribution is 2.10. The summed E-state index contributed by atoms with van der Waals surface area (Å²) in [5.41, 5.74) is 1.19. The van der Waals surface area contributed by atoms with Gasteiger partial charge in [0.05, 0.1) is 12.7 Å². The third-order valence-electron chi connectivity index (χ3n) is 3.12. The van der Waals surface area contributed by atoms with E-state index in [0.717, 1.165) is 5.65 Å². The second-order valence-corrected chi connectivity index (χ2v) is 4.63. The van der Waals surface area contributed by atoms with Gasteiger partial charge >= 0.3 is 0 Å². The molecule has 0 atom stereocenters. The molecule has 0 unspecified atom stereocenters. The summed E-state index contributed by atoms with van der Waals surface area (Å²) in [5, 5.41) is 2.76. The van der Waals surface area contributed by atoms with E-state index < -0.39 is 0 Å². The summed E-state index contributed by atoms with van der Waals surface area (Å²) in [6.07, 6.45) is 3.32. The molecule has 0 saturated carbocycles. The summed E-state index contributed by atoms with van der Waals surface area (Å²) in [5.74, 6) is 0.0279. The number of rotatable bonds is 5. The van der Waals surface area contributed by atoms with Gasteiger partial charge in [-0.2, -0.15) is 0 Å². The number of halogens is 1. The van der Waals surface area contributed by atoms with E-state index in [4.69, 9.17) is 4.74 Å². The van der Waals surface area contributed by atoms with Gasteiger partial charge in [-0.3, -0.25) is 9.20 Å². The number of benzene rings is 1. The van der Waals surface area contributed by atoms with Gasteiger partial charge in [-0.1, -0.05) is 6.07 Å². The van der Waals surface area contributed by atoms with Crippen LogP contribution in [-0.4, -0.2) is 28.4 Å². The second kappa shape index (κ2) is 6.26. The van der Waals surface area contributed by atoms with Gasteiger partial charge in [-0.15, -0.1) is 0 Å². The molecule has 22 heavy (non-hydrogen) atoms. The van der Waals surface area contributed by atoms with Crippen LogP contribution >= 0.6 is 0 Å². The van der Waals surface area contributed by atoms with Crippen LogP contribution < -0.4 is 10.1 Å². The quantitative estimate of drug-likeness (QED) is 0.735. The minimum Gasteiger partial charge on any atom is -0.492 e. The van der Waals surface area contributed by atoms with Crippen LogP contribution in [0.4, 0.5) is 4.39 Å². The van der Waals surface area contributed by atoms with Gasteiger partial charge in [0.15, 0.2) is 0 Å². The fraction of sp³-hybridized carbons (Fsp3) is 0.125. The maximum absolute atomic E-state index is 12.7. The van der Waals surface area contributed by atoms with E-state index in [9.17, 15) is 9.18 Å². The van der Waals surface area contributed by atoms with Gasteiger partial charge in [0, 0.05) is 6.20 Å². The molecule has 0 aliphatic heterocycles. The smallest absolute Gasteiger partial charge is 0.270 e. The zero-order valence-corrected chi connectivity index (χ0v) is 11.7. The third kappa shape index (κ3) is 3.06. The number of hydrogen-bond acceptors (Lipinski definition) is 3. The molecule has 0 spiro atoms. The highest BCUT2D eigenvalue weighted by Gasteiger charge is 2.10. The standard InChI is InChI=1S/C16H14FN3O2/c17-12-4-6-13(7-5-12)22-10-8-18-16(21)14-11-19-15-3-1-2-9-20(14)15/h1-7,9,11H,8,10H2,(H,18,21). The number of ether oxygens (including phenoxy) is 1. The van der Waals surface area contributed by atoms with Gasteiger partial charge < -0.3 is 10.1 Å². The number of fused-ring (bicyclic) bond motifs is 1. The number of pyridine rings is 1. The third-order valence-corrected chi connectivity index (χ3v) is 3.12. The van der Waals surface area contributed by atoms with E-state index in [1.165, 1.54) is 18.3 Å². The molecule has 112 valence electrons. The molecule has 1 amide bonds. The van der Waals surface area contributed by atoms with Gasteiger partial charge in [-0.25, -0.2) is 9.37 Å². The molecule has 0 fully saturated rings. The van der Waals surface area contributed by atoms with E-state index in [2.05, 4.69) is 10.3 Å². The Balaban J connectivity index is 1.53. The predicted molar refractivity (Wildman–Crippen MR) is 79.4 cm³/mol. The van der Waals surface area contributed by atoms with Crippen molar-refractivity contribution in [1.82, 2.24) is 14.7 Å². The number of hydrogen-bond donors (Lipinski definition) is 1. The normalized spacial score (nSPS) is 10.6. The summed E-state index contributed by atoms with van der Waals surface area (Å²) in [6.45, 7) is 0.643. The highest BCUT2D eigenvalue weighted by molar-refractivity contribution is 5.93. The Bertz CT molecular complexity index is 783. The highest BCUT2D eigenvalue weighted by atomic mass is 19.1. The summed E-state index contributed by atoms with van der Waals surface area (Å²) in [4.78, 5) is 16.3. The van der Waals surface area contributed by atoms with Crippen LogP contribution in [0.3, 0.4) is 0 Å². The minimum absolute atomic E-state index is 0.221. The molecule has 0 aliphatic rings. The number of imidazole rings is 1. The van der Waals surface area contributed by atoms with E-state index in [1.54, 1.807) is 22.7 Å². The number of nitrogens with one attached hydrogen (secondary N) is 1. The lowest BCUT2D eigenvalue weighted by molar-refractivity contribution is 0.0941. The Labute approximate surface area is 126 Å². The first kappa shape index (κ1) is 14.1. The molecule has 0 radical (unpaired) electrons. The van der Waals surface area contributed by atoms with Crippen LogP contribution in [-0.2, 0) is 0 Å². The van der Waals surface area contributed by atoms with Crippen LogP contribution in [0.15, 0.2) is 54.9 Å². The fourth-order valence-electron chi connectivity index (χ4n) is 2.06. The van der Waals surface area contributed by atoms with Crippen LogP contribution in [0, 0.1) is 5.82 Å². The van der Waals surface area contributed by atoms with E-state index >= 15 is 0 Å². The second-order valence-electron chi connectivity index (χ2n) is 4.63. The van der Waals surface area contributed by atoms with Crippen LogP contribution in [0.25, 0.3) is 5.65 Å². The Morgan fingerprint density at radius 3 is 2.86 bits per heavy atom. The molecule has 0 bridgehead atoms. The Hall–Kier alpha value is -2.89. The zero-order valence-electron chi connectivity index (χ0n) is 11.7. The molecule has 2 heterocycles. The van der Waals surface area contributed by atoms with Crippen molar-refractivity contribution in [3.8, 4) is 5.75 Å². The predicted octanol–water partition coefficient (Wildman–Crippen LogP) is 2.28. The first-order chi connectivity index (χ1) is 10.7. The van der Waals surface area contributed by atoms with E-state index in [-0.39, 0.29) is 11.7 Å². The molecule has 0 saturated heterocycles. The number of nitrogens with zero attached hydrogens (tertiary/aromatic N) is 2. The molecule has 3 rings (SSSR count). The molecule has 3 aromatic rings. The largest absolute Gasteiger partial charge is 0.492 e. The Morgan fingerprint density at radius 1 is 1.23 bits per heavy atom. The van der Waals surface area contributed by atoms with Crippen molar-refractivity contribution in [3.05, 3.63) is 66.4 Å². The maximum atomic E-state index is 12.7. The summed E-state index contributed by atoms with van der Waals surface area (Å²) < 4.78 is 19.9. The topological polar surface area (TPSA) is 55.6 Å². The van der Waals surface area contributed by atoms with Crippen molar-refractivity contribution < 1.29 is 13.9 Å². The monoisotopic (exact) mass is 299 g/mol. The molecule has 2 aromatic heterocycles. The summed E-state index contributed by atoms with van der Waals surface area (Å²) in [6, 6.07) is 11.3. The van der Waals surface area contributed by atoms with Gasteiger partial charge in [0.2, 0.25) is 0 Å². The van der Waals surface area contributed by atoms with Crippen LogP contribution in [0.5, 0.6) is 5.75 Å². The van der Waals surface area contributed by atoms with Crippen LogP contribution in [0.1, 0.15) is 10.5 Å². The van der Waals surface area contributed by atoms with Gasteiger partial charge in [-0.05, 0) is 36.4 Å². The van der Waals surface area contributed by atoms with E-state index in [1.807, 2.05) is 18.2 Å². The van der Waals surface area contributed by atoms with Crippen molar-refractivity contribution >= 4 is 11.6 Å². The first-order valence-corrected chi connectivity index (χ1v) is 6.83. The number of amides is 1. The summed E-state index contributed by atoms with van der Waals surface area (Å²) >= 11 is 0. The maximum Gasteiger partial charge on any atom is 0.270 e. The summed E-state index contributed by atoms with van der Waals surface area (Å²) in [7, 11) is 0. The van der Waals surface area contributed by atoms with Gasteiger partial charge in [0.1, 0.15) is 29.5 Å². The average Bonchev–Trinajstić information content (AvgIpc) is 2.97. The average molecular weight is 299 g/mol. The Kier molecular flexibility index (Phi) is 4.00. The van der Waals surface area contributed by atoms with Crippen molar-refractivity contribution in [2.24, 2.45) is 0 Å². The van der Waals surface area contributed by atoms with Crippen molar-refractivity contribution in [3.63, 3.8) is 0 Å². The molecule has 0 aliphatic carbocycles. The number of carbonyl (C=O) groups is 1. The lowest BCUT2D eigenvalue weighted by Crippen LogP contribution is -2.29. The van der Waals surface area contributed by atoms with Gasteiger partial charge in [0.25, 0.3) is 5.91 Å². The Morgan fingerprint density at radius 2 is 2.05 bits per heavy atom. The molecule has 5 nitrogen and oxygen atoms in total. The molecular formula is C16H14FN3O2. The SMILES string of the molecule is O=C(NCCOc1ccc(F)cc1)c1cnc2ccccn12. The molecule has 1 N–H and O–H groups in total. The van der Waals surface area contributed by atoms with Crippen LogP contribution in [0.2, 0.25) is 0 Å².